The summed E-state index contributed by atoms with van der Waals surface area (Å²) in [6, 6.07) is 13.9. The number of aromatic nitrogens is 4. The highest BCUT2D eigenvalue weighted by molar-refractivity contribution is 5.94. The van der Waals surface area contributed by atoms with Gasteiger partial charge in [0.1, 0.15) is 12.9 Å². The Morgan fingerprint density at radius 3 is 2.60 bits per heavy atom. The van der Waals surface area contributed by atoms with Crippen LogP contribution in [0.15, 0.2) is 48.8 Å². The molecule has 1 aliphatic rings. The molecular weight excluding hydrogens is 378 g/mol. The minimum absolute atomic E-state index is 0.632. The van der Waals surface area contributed by atoms with Crippen molar-refractivity contribution in [1.82, 2.24) is 24.5 Å². The molecule has 0 N–H and O–H groups in total. The number of ether oxygens (including phenoxy) is 2. The van der Waals surface area contributed by atoms with Crippen LogP contribution in [0.2, 0.25) is 0 Å². The quantitative estimate of drug-likeness (QED) is 0.488. The highest BCUT2D eigenvalue weighted by Crippen LogP contribution is 2.33. The number of hydrogen-bond acceptors (Lipinski definition) is 6. The number of rotatable bonds is 6. The molecule has 3 heterocycles. The van der Waals surface area contributed by atoms with Crippen molar-refractivity contribution in [2.45, 2.75) is 19.3 Å². The van der Waals surface area contributed by atoms with Crippen LogP contribution in [0.1, 0.15) is 19.3 Å². The zero-order valence-corrected chi connectivity index (χ0v) is 17.1. The predicted molar refractivity (Wildman–Crippen MR) is 116 cm³/mol. The average molecular weight is 403 g/mol. The van der Waals surface area contributed by atoms with Crippen molar-refractivity contribution >= 4 is 16.6 Å². The first-order valence-electron chi connectivity index (χ1n) is 10.5. The molecule has 0 saturated carbocycles. The van der Waals surface area contributed by atoms with Gasteiger partial charge in [0.05, 0.1) is 12.6 Å². The molecule has 2 aromatic heterocycles. The molecule has 0 bridgehead atoms. The second kappa shape index (κ2) is 8.28. The van der Waals surface area contributed by atoms with E-state index in [1.807, 2.05) is 46.9 Å². The van der Waals surface area contributed by atoms with E-state index in [1.54, 1.807) is 13.4 Å². The van der Waals surface area contributed by atoms with E-state index in [4.69, 9.17) is 9.47 Å². The van der Waals surface area contributed by atoms with E-state index in [2.05, 4.69) is 20.1 Å². The Bertz CT molecular complexity index is 1150. The Kier molecular flexibility index (Phi) is 5.19. The van der Waals surface area contributed by atoms with Gasteiger partial charge in [-0.25, -0.2) is 4.98 Å². The van der Waals surface area contributed by atoms with E-state index in [-0.39, 0.29) is 0 Å². The highest BCUT2D eigenvalue weighted by atomic mass is 16.5. The van der Waals surface area contributed by atoms with Gasteiger partial charge in [0.2, 0.25) is 0 Å². The van der Waals surface area contributed by atoms with Gasteiger partial charge in [-0.05, 0) is 32.0 Å². The second-order valence-electron chi connectivity index (χ2n) is 7.60. The molecule has 1 aliphatic heterocycles. The van der Waals surface area contributed by atoms with E-state index in [0.29, 0.717) is 18.1 Å². The van der Waals surface area contributed by atoms with Crippen molar-refractivity contribution in [3.8, 4) is 22.9 Å². The molecule has 0 spiro atoms. The molecule has 30 heavy (non-hydrogen) atoms. The van der Waals surface area contributed by atoms with Crippen molar-refractivity contribution in [2.24, 2.45) is 0 Å². The van der Waals surface area contributed by atoms with Crippen LogP contribution in [-0.4, -0.2) is 57.8 Å². The van der Waals surface area contributed by atoms with Gasteiger partial charge in [0.15, 0.2) is 23.0 Å². The van der Waals surface area contributed by atoms with E-state index < -0.39 is 0 Å². The van der Waals surface area contributed by atoms with Gasteiger partial charge in [-0.15, -0.1) is 10.2 Å². The molecule has 0 aliphatic carbocycles. The molecule has 0 unspecified atom stereocenters. The summed E-state index contributed by atoms with van der Waals surface area (Å²) < 4.78 is 13.6. The minimum Gasteiger partial charge on any atom is -0.493 e. The standard InChI is InChI=1S/C23H25N5O2/c1-29-20-14-18-19(15-21(20)30-13-12-27-10-6-3-7-11-27)24-16-28-22(25-26-23(18)28)17-8-4-2-5-9-17/h2,4-5,8-9,14-16H,3,6-7,10-13H2,1H3. The van der Waals surface area contributed by atoms with Crippen LogP contribution in [0.25, 0.3) is 27.9 Å². The molecule has 5 rings (SSSR count). The third kappa shape index (κ3) is 3.57. The van der Waals surface area contributed by atoms with E-state index >= 15 is 0 Å². The maximum absolute atomic E-state index is 6.08. The van der Waals surface area contributed by atoms with Crippen LogP contribution in [0.4, 0.5) is 0 Å². The summed E-state index contributed by atoms with van der Waals surface area (Å²) >= 11 is 0. The van der Waals surface area contributed by atoms with Crippen LogP contribution in [0, 0.1) is 0 Å². The van der Waals surface area contributed by atoms with Crippen LogP contribution in [0.5, 0.6) is 11.5 Å². The Morgan fingerprint density at radius 2 is 1.80 bits per heavy atom. The van der Waals surface area contributed by atoms with E-state index in [0.717, 1.165) is 47.6 Å². The maximum Gasteiger partial charge on any atom is 0.171 e. The van der Waals surface area contributed by atoms with Gasteiger partial charge < -0.3 is 9.47 Å². The van der Waals surface area contributed by atoms with Gasteiger partial charge in [0, 0.05) is 23.6 Å². The van der Waals surface area contributed by atoms with Crippen molar-refractivity contribution in [3.05, 3.63) is 48.8 Å². The number of nitrogens with zero attached hydrogens (tertiary/aromatic N) is 5. The smallest absolute Gasteiger partial charge is 0.171 e. The van der Waals surface area contributed by atoms with Crippen molar-refractivity contribution in [3.63, 3.8) is 0 Å². The number of methoxy groups -OCH3 is 1. The van der Waals surface area contributed by atoms with Crippen LogP contribution in [-0.2, 0) is 0 Å². The summed E-state index contributed by atoms with van der Waals surface area (Å²) in [6.07, 6.45) is 5.67. The molecular formula is C23H25N5O2. The van der Waals surface area contributed by atoms with Crippen LogP contribution >= 0.6 is 0 Å². The summed E-state index contributed by atoms with van der Waals surface area (Å²) in [6.45, 7) is 3.88. The van der Waals surface area contributed by atoms with Gasteiger partial charge in [-0.1, -0.05) is 36.8 Å². The minimum atomic E-state index is 0.632. The number of likely N-dealkylation sites (tertiary alicyclic amines) is 1. The van der Waals surface area contributed by atoms with Gasteiger partial charge >= 0.3 is 0 Å². The third-order valence-corrected chi connectivity index (χ3v) is 5.68. The molecule has 7 nitrogen and oxygen atoms in total. The molecule has 0 atom stereocenters. The first-order chi connectivity index (χ1) is 14.8. The fraction of sp³-hybridized carbons (Fsp3) is 0.348. The molecule has 7 heteroatoms. The summed E-state index contributed by atoms with van der Waals surface area (Å²) in [4.78, 5) is 7.10. The Balaban J connectivity index is 1.45. The number of benzene rings is 2. The average Bonchev–Trinajstić information content (AvgIpc) is 3.24. The van der Waals surface area contributed by atoms with Gasteiger partial charge in [-0.2, -0.15) is 0 Å². The lowest BCUT2D eigenvalue weighted by Gasteiger charge is -2.26. The molecule has 2 aromatic carbocycles. The Morgan fingerprint density at radius 1 is 0.967 bits per heavy atom. The Labute approximate surface area is 175 Å². The number of fused-ring (bicyclic) bond motifs is 3. The summed E-state index contributed by atoms with van der Waals surface area (Å²) in [5, 5.41) is 9.69. The molecule has 1 saturated heterocycles. The third-order valence-electron chi connectivity index (χ3n) is 5.68. The fourth-order valence-electron chi connectivity index (χ4n) is 4.06. The fourth-order valence-corrected chi connectivity index (χ4v) is 4.06. The number of hydrogen-bond donors (Lipinski definition) is 0. The van der Waals surface area contributed by atoms with E-state index in [9.17, 15) is 0 Å². The van der Waals surface area contributed by atoms with Crippen molar-refractivity contribution < 1.29 is 9.47 Å². The lowest BCUT2D eigenvalue weighted by Crippen LogP contribution is -2.33. The zero-order chi connectivity index (χ0) is 20.3. The molecule has 4 aromatic rings. The SMILES string of the molecule is COc1cc2c(cc1OCCN1CCCCC1)ncn1c(-c3ccccc3)nnc21. The van der Waals surface area contributed by atoms with Crippen molar-refractivity contribution in [2.75, 3.05) is 33.4 Å². The predicted octanol–water partition coefficient (Wildman–Crippen LogP) is 3.82. The summed E-state index contributed by atoms with van der Waals surface area (Å²) in [7, 11) is 1.66. The maximum atomic E-state index is 6.08. The summed E-state index contributed by atoms with van der Waals surface area (Å²) in [5.41, 5.74) is 2.55. The Hall–Kier alpha value is -3.19. The van der Waals surface area contributed by atoms with E-state index in [1.165, 1.54) is 19.3 Å². The lowest BCUT2D eigenvalue weighted by molar-refractivity contribution is 0.181. The number of piperidine rings is 1. The van der Waals surface area contributed by atoms with Gasteiger partial charge in [-0.3, -0.25) is 9.30 Å². The first-order valence-corrected chi connectivity index (χ1v) is 10.5. The molecule has 1 fully saturated rings. The largest absolute Gasteiger partial charge is 0.493 e. The first kappa shape index (κ1) is 18.8. The summed E-state index contributed by atoms with van der Waals surface area (Å²) in [5.74, 6) is 2.16. The lowest BCUT2D eigenvalue weighted by atomic mass is 10.1. The van der Waals surface area contributed by atoms with Crippen LogP contribution < -0.4 is 9.47 Å². The highest BCUT2D eigenvalue weighted by Gasteiger charge is 2.16. The van der Waals surface area contributed by atoms with Crippen molar-refractivity contribution in [1.29, 1.82) is 0 Å². The molecule has 0 radical (unpaired) electrons. The van der Waals surface area contributed by atoms with Gasteiger partial charge in [0.25, 0.3) is 0 Å². The molecule has 154 valence electrons. The monoisotopic (exact) mass is 403 g/mol. The second-order valence-corrected chi connectivity index (χ2v) is 7.60. The molecule has 0 amide bonds. The topological polar surface area (TPSA) is 64.8 Å². The van der Waals surface area contributed by atoms with Crippen LogP contribution in [0.3, 0.4) is 0 Å². The zero-order valence-electron chi connectivity index (χ0n) is 17.1. The normalized spacial score (nSPS) is 15.0.